The molecule has 0 saturated carbocycles. The fourth-order valence-corrected chi connectivity index (χ4v) is 2.26. The number of nitrogens with one attached hydrogen (secondary N) is 2. The minimum absolute atomic E-state index is 0.0187. The van der Waals surface area contributed by atoms with E-state index in [-0.39, 0.29) is 11.9 Å². The maximum Gasteiger partial charge on any atom is 0.234 e. The summed E-state index contributed by atoms with van der Waals surface area (Å²) in [6.07, 6.45) is 4.71. The highest BCUT2D eigenvalue weighted by molar-refractivity contribution is 5.78. The average Bonchev–Trinajstić information content (AvgIpc) is 2.84. The van der Waals surface area contributed by atoms with Crippen molar-refractivity contribution in [1.82, 2.24) is 10.6 Å². The zero-order chi connectivity index (χ0) is 12.8. The lowest BCUT2D eigenvalue weighted by atomic mass is 9.93. The van der Waals surface area contributed by atoms with E-state index in [0.717, 1.165) is 30.6 Å². The number of carbonyl (C=O) groups excluding carboxylic acids is 1. The Morgan fingerprint density at radius 3 is 3.33 bits per heavy atom. The van der Waals surface area contributed by atoms with Gasteiger partial charge in [-0.25, -0.2) is 0 Å². The molecule has 0 fully saturated rings. The lowest BCUT2D eigenvalue weighted by Crippen LogP contribution is -2.38. The van der Waals surface area contributed by atoms with Crippen LogP contribution < -0.4 is 10.6 Å². The first-order valence-corrected chi connectivity index (χ1v) is 6.36. The van der Waals surface area contributed by atoms with E-state index in [1.807, 2.05) is 6.07 Å². The maximum absolute atomic E-state index is 11.8. The van der Waals surface area contributed by atoms with Crippen LogP contribution in [0.5, 0.6) is 0 Å². The van der Waals surface area contributed by atoms with Crippen molar-refractivity contribution in [2.75, 3.05) is 26.8 Å². The highest BCUT2D eigenvalue weighted by Gasteiger charge is 2.23. The molecule has 5 heteroatoms. The third kappa shape index (κ3) is 3.34. The normalized spacial score (nSPS) is 18.4. The van der Waals surface area contributed by atoms with Gasteiger partial charge in [-0.1, -0.05) is 0 Å². The standard InChI is InChI=1S/C13H20N2O3/c1-17-8-6-14-9-13(16)15-11-3-2-4-12-10(11)5-7-18-12/h5,7,11,14H,2-4,6,8-9H2,1H3,(H,15,16). The fourth-order valence-electron chi connectivity index (χ4n) is 2.26. The zero-order valence-corrected chi connectivity index (χ0v) is 10.7. The van der Waals surface area contributed by atoms with Gasteiger partial charge >= 0.3 is 0 Å². The van der Waals surface area contributed by atoms with Gasteiger partial charge in [-0.3, -0.25) is 4.79 Å². The smallest absolute Gasteiger partial charge is 0.234 e. The van der Waals surface area contributed by atoms with Crippen molar-refractivity contribution in [2.24, 2.45) is 0 Å². The summed E-state index contributed by atoms with van der Waals surface area (Å²) in [6, 6.07) is 2.06. The van der Waals surface area contributed by atoms with E-state index in [1.54, 1.807) is 13.4 Å². The maximum atomic E-state index is 11.8. The lowest BCUT2D eigenvalue weighted by Gasteiger charge is -2.22. The van der Waals surface area contributed by atoms with Crippen LogP contribution in [-0.4, -0.2) is 32.7 Å². The first-order chi connectivity index (χ1) is 8.81. The van der Waals surface area contributed by atoms with Crippen LogP contribution in [-0.2, 0) is 16.0 Å². The number of methoxy groups -OCH3 is 1. The van der Waals surface area contributed by atoms with Crippen molar-refractivity contribution in [1.29, 1.82) is 0 Å². The van der Waals surface area contributed by atoms with E-state index in [2.05, 4.69) is 10.6 Å². The van der Waals surface area contributed by atoms with E-state index >= 15 is 0 Å². The molecule has 5 nitrogen and oxygen atoms in total. The summed E-state index contributed by atoms with van der Waals surface area (Å²) in [5, 5.41) is 6.07. The fraction of sp³-hybridized carbons (Fsp3) is 0.615. The van der Waals surface area contributed by atoms with Crippen molar-refractivity contribution >= 4 is 5.91 Å². The average molecular weight is 252 g/mol. The molecule has 1 heterocycles. The van der Waals surface area contributed by atoms with Crippen LogP contribution >= 0.6 is 0 Å². The third-order valence-corrected chi connectivity index (χ3v) is 3.16. The predicted octanol–water partition coefficient (Wildman–Crippen LogP) is 1.01. The second-order valence-electron chi connectivity index (χ2n) is 4.48. The molecule has 0 bridgehead atoms. The minimum Gasteiger partial charge on any atom is -0.469 e. The number of hydrogen-bond acceptors (Lipinski definition) is 4. The summed E-state index contributed by atoms with van der Waals surface area (Å²) in [6.45, 7) is 1.63. The van der Waals surface area contributed by atoms with E-state index in [0.29, 0.717) is 19.7 Å². The number of aryl methyl sites for hydroxylation is 1. The number of furan rings is 1. The van der Waals surface area contributed by atoms with Gasteiger partial charge in [0.25, 0.3) is 0 Å². The van der Waals surface area contributed by atoms with Crippen LogP contribution in [0, 0.1) is 0 Å². The highest BCUT2D eigenvalue weighted by atomic mass is 16.5. The van der Waals surface area contributed by atoms with Gasteiger partial charge < -0.3 is 19.8 Å². The quantitative estimate of drug-likeness (QED) is 0.742. The highest BCUT2D eigenvalue weighted by Crippen LogP contribution is 2.30. The number of carbonyl (C=O) groups is 1. The third-order valence-electron chi connectivity index (χ3n) is 3.16. The van der Waals surface area contributed by atoms with Crippen LogP contribution in [0.4, 0.5) is 0 Å². The van der Waals surface area contributed by atoms with E-state index in [4.69, 9.17) is 9.15 Å². The van der Waals surface area contributed by atoms with Gasteiger partial charge in [0, 0.05) is 25.6 Å². The molecule has 0 saturated heterocycles. The first kappa shape index (κ1) is 13.1. The Morgan fingerprint density at radius 2 is 2.50 bits per heavy atom. The van der Waals surface area contributed by atoms with Crippen molar-refractivity contribution < 1.29 is 13.9 Å². The molecule has 2 rings (SSSR count). The predicted molar refractivity (Wildman–Crippen MR) is 67.3 cm³/mol. The molecule has 1 aliphatic carbocycles. The van der Waals surface area contributed by atoms with Crippen molar-refractivity contribution in [3.8, 4) is 0 Å². The Morgan fingerprint density at radius 1 is 1.61 bits per heavy atom. The topological polar surface area (TPSA) is 63.5 Å². The Kier molecular flexibility index (Phi) is 4.78. The summed E-state index contributed by atoms with van der Waals surface area (Å²) in [7, 11) is 1.64. The number of ether oxygens (including phenoxy) is 1. The molecule has 0 aliphatic heterocycles. The molecule has 1 aromatic rings. The second-order valence-corrected chi connectivity index (χ2v) is 4.48. The van der Waals surface area contributed by atoms with Gasteiger partial charge in [-0.15, -0.1) is 0 Å². The molecule has 1 amide bonds. The SMILES string of the molecule is COCCNCC(=O)NC1CCCc2occc21. The van der Waals surface area contributed by atoms with Crippen LogP contribution in [0.2, 0.25) is 0 Å². The summed E-state index contributed by atoms with van der Waals surface area (Å²) in [5.41, 5.74) is 1.13. The number of hydrogen-bond donors (Lipinski definition) is 2. The monoisotopic (exact) mass is 252 g/mol. The molecule has 0 spiro atoms. The molecule has 1 unspecified atom stereocenters. The number of amides is 1. The van der Waals surface area contributed by atoms with Crippen molar-refractivity contribution in [2.45, 2.75) is 25.3 Å². The first-order valence-electron chi connectivity index (χ1n) is 6.36. The van der Waals surface area contributed by atoms with Crippen LogP contribution in [0.1, 0.15) is 30.2 Å². The summed E-state index contributed by atoms with van der Waals surface area (Å²) in [4.78, 5) is 11.8. The molecule has 100 valence electrons. The molecule has 2 N–H and O–H groups in total. The molecule has 1 aliphatic rings. The molecule has 0 radical (unpaired) electrons. The zero-order valence-electron chi connectivity index (χ0n) is 10.7. The van der Waals surface area contributed by atoms with Crippen LogP contribution in [0.3, 0.4) is 0 Å². The molecule has 0 aromatic carbocycles. The molecule has 18 heavy (non-hydrogen) atoms. The van der Waals surface area contributed by atoms with Crippen molar-refractivity contribution in [3.05, 3.63) is 23.7 Å². The summed E-state index contributed by atoms with van der Waals surface area (Å²) < 4.78 is 10.3. The van der Waals surface area contributed by atoms with Gasteiger partial charge in [0.15, 0.2) is 0 Å². The van der Waals surface area contributed by atoms with E-state index in [1.165, 1.54) is 0 Å². The Hall–Kier alpha value is -1.33. The summed E-state index contributed by atoms with van der Waals surface area (Å²) in [5.74, 6) is 1.03. The molecular formula is C13H20N2O3. The van der Waals surface area contributed by atoms with Gasteiger partial charge in [-0.2, -0.15) is 0 Å². The number of fused-ring (bicyclic) bond motifs is 1. The Balaban J connectivity index is 1.78. The Bertz CT molecular complexity index is 389. The van der Waals surface area contributed by atoms with Gasteiger partial charge in [-0.05, 0) is 18.9 Å². The lowest BCUT2D eigenvalue weighted by molar-refractivity contribution is -0.121. The van der Waals surface area contributed by atoms with Crippen LogP contribution in [0.15, 0.2) is 16.7 Å². The molecule has 1 aromatic heterocycles. The van der Waals surface area contributed by atoms with Gasteiger partial charge in [0.05, 0.1) is 25.5 Å². The van der Waals surface area contributed by atoms with E-state index < -0.39 is 0 Å². The Labute approximate surface area is 107 Å². The van der Waals surface area contributed by atoms with Crippen LogP contribution in [0.25, 0.3) is 0 Å². The number of rotatable bonds is 6. The van der Waals surface area contributed by atoms with Gasteiger partial charge in [0.1, 0.15) is 5.76 Å². The largest absolute Gasteiger partial charge is 0.469 e. The van der Waals surface area contributed by atoms with Gasteiger partial charge in [0.2, 0.25) is 5.91 Å². The van der Waals surface area contributed by atoms with Crippen molar-refractivity contribution in [3.63, 3.8) is 0 Å². The summed E-state index contributed by atoms with van der Waals surface area (Å²) >= 11 is 0. The molecule has 1 atom stereocenters. The van der Waals surface area contributed by atoms with E-state index in [9.17, 15) is 4.79 Å². The molecular weight excluding hydrogens is 232 g/mol. The minimum atomic E-state index is 0.0187. The second kappa shape index (κ2) is 6.56.